The minimum atomic E-state index is -3.97. The zero-order chi connectivity index (χ0) is 16.3. The first kappa shape index (κ1) is 15.7. The van der Waals surface area contributed by atoms with Gasteiger partial charge in [0.05, 0.1) is 6.04 Å². The highest BCUT2D eigenvalue weighted by molar-refractivity contribution is 7.85. The second-order valence-electron chi connectivity index (χ2n) is 5.07. The van der Waals surface area contributed by atoms with Crippen LogP contribution in [-0.2, 0) is 30.6 Å². The SMILES string of the molecule is O=C(OCc1ccccc1)[C@H]1OS(=O)(=O)N[C@H]1c1ccccc1. The molecule has 0 amide bonds. The van der Waals surface area contributed by atoms with E-state index in [2.05, 4.69) is 4.72 Å². The van der Waals surface area contributed by atoms with Crippen LogP contribution in [-0.4, -0.2) is 20.5 Å². The fourth-order valence-electron chi connectivity index (χ4n) is 2.33. The summed E-state index contributed by atoms with van der Waals surface area (Å²) in [5, 5.41) is 0. The van der Waals surface area contributed by atoms with Crippen molar-refractivity contribution in [1.29, 1.82) is 0 Å². The normalized spacial score (nSPS) is 22.6. The molecule has 0 bridgehead atoms. The van der Waals surface area contributed by atoms with Crippen LogP contribution in [0.1, 0.15) is 17.2 Å². The lowest BCUT2D eigenvalue weighted by Gasteiger charge is -2.15. The van der Waals surface area contributed by atoms with Crippen molar-refractivity contribution in [3.63, 3.8) is 0 Å². The second-order valence-corrected chi connectivity index (χ2v) is 6.41. The van der Waals surface area contributed by atoms with Crippen LogP contribution >= 0.6 is 0 Å². The lowest BCUT2D eigenvalue weighted by molar-refractivity contribution is -0.153. The average molecular weight is 333 g/mol. The van der Waals surface area contributed by atoms with Gasteiger partial charge in [0, 0.05) is 0 Å². The van der Waals surface area contributed by atoms with Gasteiger partial charge in [-0.25, -0.2) is 8.98 Å². The van der Waals surface area contributed by atoms with E-state index in [1.54, 1.807) is 30.3 Å². The molecule has 1 saturated heterocycles. The van der Waals surface area contributed by atoms with E-state index in [1.165, 1.54) is 0 Å². The fraction of sp³-hybridized carbons (Fsp3) is 0.188. The Kier molecular flexibility index (Phi) is 4.42. The van der Waals surface area contributed by atoms with E-state index in [4.69, 9.17) is 8.92 Å². The molecule has 0 aromatic heterocycles. The monoisotopic (exact) mass is 333 g/mol. The Morgan fingerprint density at radius 3 is 2.30 bits per heavy atom. The number of hydrogen-bond acceptors (Lipinski definition) is 5. The van der Waals surface area contributed by atoms with E-state index in [9.17, 15) is 13.2 Å². The first-order valence-electron chi connectivity index (χ1n) is 7.01. The van der Waals surface area contributed by atoms with Crippen LogP contribution in [0.5, 0.6) is 0 Å². The van der Waals surface area contributed by atoms with E-state index >= 15 is 0 Å². The van der Waals surface area contributed by atoms with Crippen molar-refractivity contribution in [2.45, 2.75) is 18.8 Å². The number of hydrogen-bond donors (Lipinski definition) is 1. The first-order valence-corrected chi connectivity index (χ1v) is 8.42. The topological polar surface area (TPSA) is 81.7 Å². The minimum absolute atomic E-state index is 0.0566. The molecule has 6 nitrogen and oxygen atoms in total. The number of carbonyl (C=O) groups is 1. The molecule has 1 fully saturated rings. The van der Waals surface area contributed by atoms with Gasteiger partial charge in [0.2, 0.25) is 0 Å². The standard InChI is InChI=1S/C16H15NO5S/c18-16(21-11-12-7-3-1-4-8-12)15-14(17-23(19,20)22-15)13-9-5-2-6-10-13/h1-10,14-15,17H,11H2/t14-,15-/m0/s1. The molecule has 1 heterocycles. The number of esters is 1. The summed E-state index contributed by atoms with van der Waals surface area (Å²) in [6, 6.07) is 17.1. The third kappa shape index (κ3) is 3.76. The molecule has 7 heteroatoms. The van der Waals surface area contributed by atoms with Gasteiger partial charge >= 0.3 is 16.3 Å². The molecule has 2 atom stereocenters. The van der Waals surface area contributed by atoms with E-state index < -0.39 is 28.4 Å². The Hall–Kier alpha value is -2.22. The fourth-order valence-corrected chi connectivity index (χ4v) is 3.42. The molecule has 23 heavy (non-hydrogen) atoms. The summed E-state index contributed by atoms with van der Waals surface area (Å²) in [7, 11) is -3.97. The van der Waals surface area contributed by atoms with Crippen molar-refractivity contribution in [2.75, 3.05) is 0 Å². The summed E-state index contributed by atoms with van der Waals surface area (Å²) in [5.41, 5.74) is 1.45. The maximum Gasteiger partial charge on any atom is 0.339 e. The van der Waals surface area contributed by atoms with Gasteiger partial charge in [-0.1, -0.05) is 60.7 Å². The first-order chi connectivity index (χ1) is 11.1. The molecule has 0 radical (unpaired) electrons. The number of rotatable bonds is 4. The van der Waals surface area contributed by atoms with Crippen molar-refractivity contribution >= 4 is 16.3 Å². The highest BCUT2D eigenvalue weighted by Crippen LogP contribution is 2.28. The zero-order valence-corrected chi connectivity index (χ0v) is 12.9. The highest BCUT2D eigenvalue weighted by Gasteiger charge is 2.44. The van der Waals surface area contributed by atoms with Gasteiger partial charge < -0.3 is 4.74 Å². The number of nitrogens with one attached hydrogen (secondary N) is 1. The summed E-state index contributed by atoms with van der Waals surface area (Å²) in [4.78, 5) is 12.2. The van der Waals surface area contributed by atoms with Crippen molar-refractivity contribution in [2.24, 2.45) is 0 Å². The van der Waals surface area contributed by atoms with Crippen molar-refractivity contribution in [1.82, 2.24) is 4.72 Å². The second kappa shape index (κ2) is 6.49. The summed E-state index contributed by atoms with van der Waals surface area (Å²) < 4.78 is 35.7. The Morgan fingerprint density at radius 1 is 1.04 bits per heavy atom. The molecule has 120 valence electrons. The van der Waals surface area contributed by atoms with E-state index in [0.29, 0.717) is 5.56 Å². The number of benzene rings is 2. The summed E-state index contributed by atoms with van der Waals surface area (Å²) >= 11 is 0. The number of ether oxygens (including phenoxy) is 1. The largest absolute Gasteiger partial charge is 0.459 e. The highest BCUT2D eigenvalue weighted by atomic mass is 32.2. The molecular formula is C16H15NO5S. The Bertz CT molecular complexity index is 777. The van der Waals surface area contributed by atoms with E-state index in [-0.39, 0.29) is 6.61 Å². The molecule has 1 N–H and O–H groups in total. The van der Waals surface area contributed by atoms with Crippen LogP contribution < -0.4 is 4.72 Å². The quantitative estimate of drug-likeness (QED) is 0.861. The van der Waals surface area contributed by atoms with Gasteiger partial charge in [0.15, 0.2) is 6.10 Å². The molecule has 1 aliphatic rings. The average Bonchev–Trinajstić information content (AvgIpc) is 2.90. The zero-order valence-electron chi connectivity index (χ0n) is 12.1. The summed E-state index contributed by atoms with van der Waals surface area (Å²) in [6.07, 6.45) is -1.24. The molecule has 3 rings (SSSR count). The van der Waals surface area contributed by atoms with Crippen LogP contribution in [0.15, 0.2) is 60.7 Å². The van der Waals surface area contributed by atoms with Gasteiger partial charge in [0.1, 0.15) is 6.61 Å². The van der Waals surface area contributed by atoms with Crippen LogP contribution in [0.2, 0.25) is 0 Å². The molecule has 2 aromatic carbocycles. The molecule has 0 unspecified atom stereocenters. The van der Waals surface area contributed by atoms with Crippen LogP contribution in [0.3, 0.4) is 0 Å². The van der Waals surface area contributed by atoms with Crippen molar-refractivity contribution in [3.05, 3.63) is 71.8 Å². The Balaban J connectivity index is 1.75. The lowest BCUT2D eigenvalue weighted by Crippen LogP contribution is -2.30. The van der Waals surface area contributed by atoms with Gasteiger partial charge in [-0.3, -0.25) is 0 Å². The maximum atomic E-state index is 12.2. The lowest BCUT2D eigenvalue weighted by atomic mass is 10.0. The molecule has 1 aliphatic heterocycles. The summed E-state index contributed by atoms with van der Waals surface area (Å²) in [6.45, 7) is 0.0566. The Morgan fingerprint density at radius 2 is 1.65 bits per heavy atom. The van der Waals surface area contributed by atoms with Crippen LogP contribution in [0.25, 0.3) is 0 Å². The van der Waals surface area contributed by atoms with Gasteiger partial charge in [-0.15, -0.1) is 0 Å². The maximum absolute atomic E-state index is 12.2. The third-order valence-electron chi connectivity index (χ3n) is 3.42. The molecule has 2 aromatic rings. The van der Waals surface area contributed by atoms with Crippen molar-refractivity contribution in [3.8, 4) is 0 Å². The van der Waals surface area contributed by atoms with Gasteiger partial charge in [-0.05, 0) is 11.1 Å². The van der Waals surface area contributed by atoms with Crippen LogP contribution in [0.4, 0.5) is 0 Å². The van der Waals surface area contributed by atoms with Crippen molar-refractivity contribution < 1.29 is 22.1 Å². The molecule has 0 spiro atoms. The van der Waals surface area contributed by atoms with Gasteiger partial charge in [0.25, 0.3) is 0 Å². The Labute approximate surface area is 134 Å². The van der Waals surface area contributed by atoms with E-state index in [0.717, 1.165) is 5.56 Å². The smallest absolute Gasteiger partial charge is 0.339 e. The predicted octanol–water partition coefficient (Wildman–Crippen LogP) is 1.70. The molecular weight excluding hydrogens is 318 g/mol. The predicted molar refractivity (Wildman–Crippen MR) is 82.3 cm³/mol. The van der Waals surface area contributed by atoms with E-state index in [1.807, 2.05) is 30.3 Å². The molecule has 0 saturated carbocycles. The number of carbonyl (C=O) groups excluding carboxylic acids is 1. The van der Waals surface area contributed by atoms with Crippen LogP contribution in [0, 0.1) is 0 Å². The third-order valence-corrected chi connectivity index (χ3v) is 4.42. The minimum Gasteiger partial charge on any atom is -0.459 e. The molecule has 0 aliphatic carbocycles. The summed E-state index contributed by atoms with van der Waals surface area (Å²) in [5.74, 6) is -0.726. The van der Waals surface area contributed by atoms with Gasteiger partial charge in [-0.2, -0.15) is 13.1 Å².